The second-order valence-corrected chi connectivity index (χ2v) is 6.06. The molecule has 0 bridgehead atoms. The van der Waals surface area contributed by atoms with Gasteiger partial charge in [0.2, 0.25) is 0 Å². The summed E-state index contributed by atoms with van der Waals surface area (Å²) in [5.41, 5.74) is 5.44. The Bertz CT molecular complexity index is 1010. The van der Waals surface area contributed by atoms with Crippen LogP contribution in [0, 0.1) is 13.8 Å². The second kappa shape index (κ2) is 4.84. The van der Waals surface area contributed by atoms with Crippen molar-refractivity contribution in [2.45, 2.75) is 33.7 Å². The Hall–Kier alpha value is -2.35. The normalized spacial score (nSPS) is 11.8. The molecule has 2 heteroatoms. The van der Waals surface area contributed by atoms with Gasteiger partial charge >= 0.3 is 0 Å². The molecule has 0 aliphatic rings. The SMILES string of the molecule is CCCn1c2ccccc2c2c(C)c3cnccc3c(C)c21. The number of nitrogens with zero attached hydrogens (tertiary/aromatic N) is 2. The molecular formula is C20H20N2. The minimum Gasteiger partial charge on any atom is -0.340 e. The lowest BCUT2D eigenvalue weighted by Gasteiger charge is -2.12. The highest BCUT2D eigenvalue weighted by Crippen LogP contribution is 2.38. The summed E-state index contributed by atoms with van der Waals surface area (Å²) in [5, 5.41) is 5.34. The second-order valence-electron chi connectivity index (χ2n) is 6.06. The minimum absolute atomic E-state index is 1.06. The fourth-order valence-electron chi connectivity index (χ4n) is 3.81. The highest BCUT2D eigenvalue weighted by molar-refractivity contribution is 6.16. The molecule has 0 unspecified atom stereocenters. The summed E-state index contributed by atoms with van der Waals surface area (Å²) in [6, 6.07) is 10.9. The molecule has 0 amide bonds. The van der Waals surface area contributed by atoms with E-state index in [0.717, 1.165) is 13.0 Å². The van der Waals surface area contributed by atoms with Crippen LogP contribution in [0.4, 0.5) is 0 Å². The molecule has 0 atom stereocenters. The molecule has 2 heterocycles. The van der Waals surface area contributed by atoms with Crippen molar-refractivity contribution in [3.63, 3.8) is 0 Å². The molecule has 4 rings (SSSR count). The summed E-state index contributed by atoms with van der Waals surface area (Å²) in [6.07, 6.45) is 5.04. The molecule has 110 valence electrons. The van der Waals surface area contributed by atoms with Crippen LogP contribution in [0.3, 0.4) is 0 Å². The predicted octanol–water partition coefficient (Wildman–Crippen LogP) is 5.37. The molecule has 4 aromatic rings. The third-order valence-electron chi connectivity index (χ3n) is 4.78. The van der Waals surface area contributed by atoms with Crippen LogP contribution in [0.25, 0.3) is 32.6 Å². The van der Waals surface area contributed by atoms with Gasteiger partial charge in [0, 0.05) is 40.6 Å². The van der Waals surface area contributed by atoms with Gasteiger partial charge in [-0.15, -0.1) is 0 Å². The molecule has 2 aromatic heterocycles. The summed E-state index contributed by atoms with van der Waals surface area (Å²) in [4.78, 5) is 4.34. The van der Waals surface area contributed by atoms with Crippen molar-refractivity contribution in [1.82, 2.24) is 9.55 Å². The Morgan fingerprint density at radius 1 is 0.955 bits per heavy atom. The number of hydrogen-bond acceptors (Lipinski definition) is 1. The first-order valence-electron chi connectivity index (χ1n) is 7.97. The smallest absolute Gasteiger partial charge is 0.0530 e. The van der Waals surface area contributed by atoms with Crippen LogP contribution >= 0.6 is 0 Å². The molecule has 0 N–H and O–H groups in total. The zero-order valence-corrected chi connectivity index (χ0v) is 13.4. The maximum absolute atomic E-state index is 4.34. The number of fused-ring (bicyclic) bond motifs is 4. The third-order valence-corrected chi connectivity index (χ3v) is 4.78. The number of para-hydroxylation sites is 1. The molecule has 2 aromatic carbocycles. The van der Waals surface area contributed by atoms with Gasteiger partial charge < -0.3 is 4.57 Å². The highest BCUT2D eigenvalue weighted by Gasteiger charge is 2.17. The maximum Gasteiger partial charge on any atom is 0.0530 e. The predicted molar refractivity (Wildman–Crippen MR) is 94.5 cm³/mol. The Morgan fingerprint density at radius 3 is 2.59 bits per heavy atom. The topological polar surface area (TPSA) is 17.8 Å². The first-order chi connectivity index (χ1) is 10.7. The van der Waals surface area contributed by atoms with E-state index in [1.54, 1.807) is 0 Å². The van der Waals surface area contributed by atoms with Gasteiger partial charge in [-0.25, -0.2) is 0 Å². The van der Waals surface area contributed by atoms with E-state index >= 15 is 0 Å². The van der Waals surface area contributed by atoms with Gasteiger partial charge in [0.1, 0.15) is 0 Å². The van der Waals surface area contributed by atoms with E-state index in [9.17, 15) is 0 Å². The van der Waals surface area contributed by atoms with Crippen molar-refractivity contribution in [1.29, 1.82) is 0 Å². The lowest BCUT2D eigenvalue weighted by molar-refractivity contribution is 0.723. The van der Waals surface area contributed by atoms with Gasteiger partial charge in [-0.1, -0.05) is 25.1 Å². The van der Waals surface area contributed by atoms with Crippen molar-refractivity contribution < 1.29 is 0 Å². The van der Waals surface area contributed by atoms with Crippen LogP contribution < -0.4 is 0 Å². The van der Waals surface area contributed by atoms with Gasteiger partial charge in [0.15, 0.2) is 0 Å². The number of rotatable bonds is 2. The maximum atomic E-state index is 4.34. The van der Waals surface area contributed by atoms with Crippen LogP contribution in [0.2, 0.25) is 0 Å². The van der Waals surface area contributed by atoms with Crippen LogP contribution in [0.1, 0.15) is 24.5 Å². The van der Waals surface area contributed by atoms with E-state index in [2.05, 4.69) is 60.7 Å². The number of hydrogen-bond donors (Lipinski definition) is 0. The number of aromatic nitrogens is 2. The van der Waals surface area contributed by atoms with Crippen molar-refractivity contribution in [2.75, 3.05) is 0 Å². The van der Waals surface area contributed by atoms with E-state index in [-0.39, 0.29) is 0 Å². The zero-order chi connectivity index (χ0) is 15.3. The van der Waals surface area contributed by atoms with Gasteiger partial charge in [-0.3, -0.25) is 4.98 Å². The largest absolute Gasteiger partial charge is 0.340 e. The summed E-state index contributed by atoms with van der Waals surface area (Å²) >= 11 is 0. The van der Waals surface area contributed by atoms with Crippen molar-refractivity contribution in [2.24, 2.45) is 0 Å². The van der Waals surface area contributed by atoms with Crippen LogP contribution in [0.5, 0.6) is 0 Å². The monoisotopic (exact) mass is 288 g/mol. The van der Waals surface area contributed by atoms with Crippen LogP contribution in [-0.4, -0.2) is 9.55 Å². The average Bonchev–Trinajstić information content (AvgIpc) is 2.88. The molecular weight excluding hydrogens is 268 g/mol. The lowest BCUT2D eigenvalue weighted by atomic mass is 9.97. The fraction of sp³-hybridized carbons (Fsp3) is 0.250. The zero-order valence-electron chi connectivity index (χ0n) is 13.4. The molecule has 0 aliphatic heterocycles. The Balaban J connectivity index is 2.35. The van der Waals surface area contributed by atoms with Gasteiger partial charge in [0.25, 0.3) is 0 Å². The molecule has 0 fully saturated rings. The quantitative estimate of drug-likeness (QED) is 0.485. The van der Waals surface area contributed by atoms with Crippen LogP contribution in [-0.2, 0) is 6.54 Å². The first-order valence-corrected chi connectivity index (χ1v) is 7.97. The van der Waals surface area contributed by atoms with Crippen LogP contribution in [0.15, 0.2) is 42.7 Å². The summed E-state index contributed by atoms with van der Waals surface area (Å²) in [6.45, 7) is 7.78. The van der Waals surface area contributed by atoms with Gasteiger partial charge in [0.05, 0.1) is 5.52 Å². The Kier molecular flexibility index (Phi) is 2.93. The van der Waals surface area contributed by atoms with Gasteiger partial charge in [-0.05, 0) is 48.9 Å². The van der Waals surface area contributed by atoms with Crippen molar-refractivity contribution >= 4 is 32.6 Å². The fourth-order valence-corrected chi connectivity index (χ4v) is 3.81. The van der Waals surface area contributed by atoms with Crippen molar-refractivity contribution in [3.05, 3.63) is 53.9 Å². The highest BCUT2D eigenvalue weighted by atomic mass is 15.0. The van der Waals surface area contributed by atoms with Gasteiger partial charge in [-0.2, -0.15) is 0 Å². The number of pyridine rings is 1. The van der Waals surface area contributed by atoms with E-state index in [1.807, 2.05) is 12.4 Å². The first kappa shape index (κ1) is 13.3. The Morgan fingerprint density at radius 2 is 1.77 bits per heavy atom. The number of benzene rings is 2. The minimum atomic E-state index is 1.06. The van der Waals surface area contributed by atoms with E-state index in [1.165, 1.54) is 43.7 Å². The molecule has 0 spiro atoms. The average molecular weight is 288 g/mol. The summed E-state index contributed by atoms with van der Waals surface area (Å²) < 4.78 is 2.49. The standard InChI is InChI=1S/C20H20N2/c1-4-11-22-18-8-6-5-7-16(18)19-13(2)17-12-21-10-9-15(17)14(3)20(19)22/h5-10,12H,4,11H2,1-3H3. The third kappa shape index (κ3) is 1.64. The molecule has 22 heavy (non-hydrogen) atoms. The summed E-state index contributed by atoms with van der Waals surface area (Å²) in [5.74, 6) is 0. The molecule has 0 radical (unpaired) electrons. The molecule has 2 nitrogen and oxygen atoms in total. The van der Waals surface area contributed by atoms with Crippen molar-refractivity contribution in [3.8, 4) is 0 Å². The van der Waals surface area contributed by atoms with E-state index in [4.69, 9.17) is 0 Å². The Labute approximate surface area is 130 Å². The molecule has 0 saturated heterocycles. The summed E-state index contributed by atoms with van der Waals surface area (Å²) in [7, 11) is 0. The van der Waals surface area contributed by atoms with E-state index < -0.39 is 0 Å². The lowest BCUT2D eigenvalue weighted by Crippen LogP contribution is -1.98. The number of aryl methyl sites for hydroxylation is 3. The molecule has 0 aliphatic carbocycles. The van der Waals surface area contributed by atoms with E-state index in [0.29, 0.717) is 0 Å². The molecule has 0 saturated carbocycles.